The van der Waals surface area contributed by atoms with Gasteiger partial charge in [0.05, 0.1) is 21.9 Å². The zero-order valence-corrected chi connectivity index (χ0v) is 13.9. The molecule has 0 fully saturated rings. The van der Waals surface area contributed by atoms with Crippen LogP contribution >= 0.6 is 11.3 Å². The maximum absolute atomic E-state index is 12.7. The molecule has 120 valence electrons. The highest BCUT2D eigenvalue weighted by Crippen LogP contribution is 2.29. The number of hydrogen-bond acceptors (Lipinski definition) is 5. The van der Waals surface area contributed by atoms with Crippen molar-refractivity contribution in [2.45, 2.75) is 6.92 Å². The van der Waals surface area contributed by atoms with E-state index >= 15 is 0 Å². The lowest BCUT2D eigenvalue weighted by Crippen LogP contribution is -2.12. The minimum absolute atomic E-state index is 0.150. The van der Waals surface area contributed by atoms with Gasteiger partial charge < -0.3 is 5.32 Å². The molecule has 4 aromatic rings. The van der Waals surface area contributed by atoms with Gasteiger partial charge in [-0.3, -0.25) is 9.48 Å². The van der Waals surface area contributed by atoms with Gasteiger partial charge in [-0.1, -0.05) is 12.1 Å². The van der Waals surface area contributed by atoms with Crippen LogP contribution in [0.2, 0.25) is 0 Å². The number of nitrogens with one attached hydrogen (secondary N) is 1. The summed E-state index contributed by atoms with van der Waals surface area (Å²) in [5, 5.41) is 12.5. The predicted octanol–water partition coefficient (Wildman–Crippen LogP) is 2.78. The average Bonchev–Trinajstić information content (AvgIpc) is 3.28. The normalized spacial score (nSPS) is 11.1. The van der Waals surface area contributed by atoms with Gasteiger partial charge in [0.25, 0.3) is 5.91 Å². The van der Waals surface area contributed by atoms with Crippen LogP contribution in [0.15, 0.2) is 43.0 Å². The first-order valence-corrected chi connectivity index (χ1v) is 8.13. The fourth-order valence-electron chi connectivity index (χ4n) is 2.61. The van der Waals surface area contributed by atoms with E-state index in [0.29, 0.717) is 10.6 Å². The van der Waals surface area contributed by atoms with Gasteiger partial charge >= 0.3 is 0 Å². The summed E-state index contributed by atoms with van der Waals surface area (Å²) in [4.78, 5) is 18.2. The Hall–Kier alpha value is -3.00. The number of fused-ring (bicyclic) bond motifs is 1. The third-order valence-electron chi connectivity index (χ3n) is 3.74. The Morgan fingerprint density at radius 3 is 2.88 bits per heavy atom. The van der Waals surface area contributed by atoms with Crippen molar-refractivity contribution in [3.63, 3.8) is 0 Å². The first kappa shape index (κ1) is 14.6. The molecule has 3 heterocycles. The van der Waals surface area contributed by atoms with Crippen molar-refractivity contribution in [2.75, 3.05) is 5.32 Å². The van der Waals surface area contributed by atoms with Gasteiger partial charge in [-0.2, -0.15) is 10.2 Å². The molecule has 7 nitrogen and oxygen atoms in total. The Morgan fingerprint density at radius 2 is 2.12 bits per heavy atom. The van der Waals surface area contributed by atoms with Crippen LogP contribution in [0.4, 0.5) is 5.69 Å². The lowest BCUT2D eigenvalue weighted by molar-refractivity contribution is 0.103. The number of hydrogen-bond donors (Lipinski definition) is 1. The van der Waals surface area contributed by atoms with Crippen molar-refractivity contribution in [3.8, 4) is 5.69 Å². The number of aromatic nitrogens is 5. The van der Waals surface area contributed by atoms with E-state index in [1.54, 1.807) is 15.7 Å². The lowest BCUT2D eigenvalue weighted by atomic mass is 10.2. The van der Waals surface area contributed by atoms with E-state index in [0.717, 1.165) is 21.6 Å². The molecule has 0 aliphatic heterocycles. The SMILES string of the molecule is Cc1nn(C)c2sc(C(=O)Nc3ccccc3-n3cncn3)cc12. The molecular weight excluding hydrogens is 324 g/mol. The van der Waals surface area contributed by atoms with Crippen LogP contribution in [-0.4, -0.2) is 30.5 Å². The number of carbonyl (C=O) groups is 1. The van der Waals surface area contributed by atoms with Crippen molar-refractivity contribution < 1.29 is 4.79 Å². The Kier molecular flexibility index (Phi) is 3.39. The maximum Gasteiger partial charge on any atom is 0.265 e. The minimum atomic E-state index is -0.150. The average molecular weight is 338 g/mol. The first-order valence-electron chi connectivity index (χ1n) is 7.32. The van der Waals surface area contributed by atoms with Crippen LogP contribution in [0.25, 0.3) is 15.9 Å². The van der Waals surface area contributed by atoms with Crippen molar-refractivity contribution in [2.24, 2.45) is 7.05 Å². The molecule has 1 N–H and O–H groups in total. The van der Waals surface area contributed by atoms with Crippen molar-refractivity contribution in [1.29, 1.82) is 0 Å². The van der Waals surface area contributed by atoms with E-state index < -0.39 is 0 Å². The van der Waals surface area contributed by atoms with Crippen LogP contribution in [0.1, 0.15) is 15.4 Å². The van der Waals surface area contributed by atoms with Crippen molar-refractivity contribution in [1.82, 2.24) is 24.5 Å². The van der Waals surface area contributed by atoms with Crippen molar-refractivity contribution >= 4 is 33.1 Å². The highest BCUT2D eigenvalue weighted by Gasteiger charge is 2.16. The van der Waals surface area contributed by atoms with Crippen molar-refractivity contribution in [3.05, 3.63) is 53.6 Å². The van der Waals surface area contributed by atoms with Crippen LogP contribution in [0.3, 0.4) is 0 Å². The molecule has 0 unspecified atom stereocenters. The van der Waals surface area contributed by atoms with Gasteiger partial charge in [-0.05, 0) is 25.1 Å². The van der Waals surface area contributed by atoms with Crippen LogP contribution in [0, 0.1) is 6.92 Å². The minimum Gasteiger partial charge on any atom is -0.319 e. The van der Waals surface area contributed by atoms with Gasteiger partial charge in [-0.15, -0.1) is 11.3 Å². The van der Waals surface area contributed by atoms with Gasteiger partial charge in [0.15, 0.2) is 0 Å². The van der Waals surface area contributed by atoms with E-state index in [-0.39, 0.29) is 5.91 Å². The quantitative estimate of drug-likeness (QED) is 0.623. The molecule has 0 aliphatic rings. The van der Waals surface area contributed by atoms with Gasteiger partial charge in [0.1, 0.15) is 17.5 Å². The van der Waals surface area contributed by atoms with Gasteiger partial charge in [0.2, 0.25) is 0 Å². The number of amides is 1. The molecule has 4 rings (SSSR count). The highest BCUT2D eigenvalue weighted by molar-refractivity contribution is 7.20. The lowest BCUT2D eigenvalue weighted by Gasteiger charge is -2.09. The second kappa shape index (κ2) is 5.57. The summed E-state index contributed by atoms with van der Waals surface area (Å²) in [6, 6.07) is 9.37. The second-order valence-electron chi connectivity index (χ2n) is 5.35. The molecule has 0 radical (unpaired) electrons. The fraction of sp³-hybridized carbons (Fsp3) is 0.125. The molecule has 0 aliphatic carbocycles. The Bertz CT molecular complexity index is 996. The summed E-state index contributed by atoms with van der Waals surface area (Å²) in [5.41, 5.74) is 2.37. The topological polar surface area (TPSA) is 77.6 Å². The zero-order valence-electron chi connectivity index (χ0n) is 13.1. The smallest absolute Gasteiger partial charge is 0.265 e. The summed E-state index contributed by atoms with van der Waals surface area (Å²) in [5.74, 6) is -0.150. The second-order valence-corrected chi connectivity index (χ2v) is 6.38. The Balaban J connectivity index is 1.68. The number of carbonyl (C=O) groups excluding carboxylic acids is 1. The monoisotopic (exact) mass is 338 g/mol. The van der Waals surface area contributed by atoms with Gasteiger partial charge in [-0.25, -0.2) is 9.67 Å². The van der Waals surface area contributed by atoms with Crippen LogP contribution in [0.5, 0.6) is 0 Å². The van der Waals surface area contributed by atoms with E-state index in [4.69, 9.17) is 0 Å². The fourth-order valence-corrected chi connectivity index (χ4v) is 3.63. The summed E-state index contributed by atoms with van der Waals surface area (Å²) in [7, 11) is 1.88. The van der Waals surface area contributed by atoms with Crippen LogP contribution < -0.4 is 5.32 Å². The molecule has 0 saturated carbocycles. The number of para-hydroxylation sites is 2. The molecular formula is C16H14N6OS. The molecule has 1 aromatic carbocycles. The number of anilines is 1. The van der Waals surface area contributed by atoms with Crippen LogP contribution in [-0.2, 0) is 7.05 Å². The summed E-state index contributed by atoms with van der Waals surface area (Å²) < 4.78 is 3.42. The molecule has 0 atom stereocenters. The number of rotatable bonds is 3. The van der Waals surface area contributed by atoms with Gasteiger partial charge in [0, 0.05) is 12.4 Å². The van der Waals surface area contributed by atoms with E-state index in [1.165, 1.54) is 17.7 Å². The zero-order chi connectivity index (χ0) is 16.7. The number of aryl methyl sites for hydroxylation is 2. The molecule has 24 heavy (non-hydrogen) atoms. The first-order chi connectivity index (χ1) is 11.6. The highest BCUT2D eigenvalue weighted by atomic mass is 32.1. The Labute approximate surface area is 141 Å². The summed E-state index contributed by atoms with van der Waals surface area (Å²) >= 11 is 1.43. The third kappa shape index (κ3) is 2.37. The number of nitrogens with zero attached hydrogens (tertiary/aromatic N) is 5. The summed E-state index contributed by atoms with van der Waals surface area (Å²) in [6.45, 7) is 1.94. The molecule has 0 saturated heterocycles. The molecule has 3 aromatic heterocycles. The third-order valence-corrected chi connectivity index (χ3v) is 4.94. The standard InChI is InChI=1S/C16H14N6OS/c1-10-11-7-14(24-16(11)21(2)20-10)15(23)19-12-5-3-4-6-13(12)22-9-17-8-18-22/h3-9H,1-2H3,(H,19,23). The Morgan fingerprint density at radius 1 is 1.29 bits per heavy atom. The van der Waals surface area contributed by atoms with E-state index in [2.05, 4.69) is 20.5 Å². The number of thiophene rings is 1. The largest absolute Gasteiger partial charge is 0.319 e. The molecule has 0 bridgehead atoms. The maximum atomic E-state index is 12.7. The molecule has 1 amide bonds. The van der Waals surface area contributed by atoms with E-state index in [9.17, 15) is 4.79 Å². The molecule has 0 spiro atoms. The molecule has 8 heteroatoms. The van der Waals surface area contributed by atoms with E-state index in [1.807, 2.05) is 44.3 Å². The summed E-state index contributed by atoms with van der Waals surface area (Å²) in [6.07, 6.45) is 3.06. The number of benzene rings is 1. The predicted molar refractivity (Wildman–Crippen MR) is 92.6 cm³/mol.